The Morgan fingerprint density at radius 1 is 1.25 bits per heavy atom. The standard InChI is InChI=1S/C17H20N2O/c1-19(2)12-15-10-13-6-3-4-8-16(13)17(15,20)14-7-5-9-18-11-14/h3-9,11,15,20H,10,12H2,1-2H3. The lowest BCUT2D eigenvalue weighted by atomic mass is 9.81. The van der Waals surface area contributed by atoms with Crippen LogP contribution in [0.2, 0.25) is 0 Å². The van der Waals surface area contributed by atoms with Crippen molar-refractivity contribution in [1.29, 1.82) is 0 Å². The molecule has 2 atom stereocenters. The lowest BCUT2D eigenvalue weighted by molar-refractivity contribution is 0.0187. The maximum atomic E-state index is 11.5. The van der Waals surface area contributed by atoms with Crippen LogP contribution in [0, 0.1) is 5.92 Å². The van der Waals surface area contributed by atoms with E-state index in [1.54, 1.807) is 12.4 Å². The van der Waals surface area contributed by atoms with Gasteiger partial charge in [0.15, 0.2) is 0 Å². The molecule has 0 aliphatic heterocycles. The van der Waals surface area contributed by atoms with Gasteiger partial charge in [0.25, 0.3) is 0 Å². The summed E-state index contributed by atoms with van der Waals surface area (Å²) in [6.07, 6.45) is 4.43. The van der Waals surface area contributed by atoms with E-state index in [0.717, 1.165) is 24.1 Å². The van der Waals surface area contributed by atoms with Gasteiger partial charge in [0.2, 0.25) is 0 Å². The Hall–Kier alpha value is -1.71. The van der Waals surface area contributed by atoms with E-state index in [1.165, 1.54) is 5.56 Å². The van der Waals surface area contributed by atoms with Crippen molar-refractivity contribution in [2.75, 3.05) is 20.6 Å². The highest BCUT2D eigenvalue weighted by Gasteiger charge is 2.46. The van der Waals surface area contributed by atoms with Crippen LogP contribution in [-0.2, 0) is 12.0 Å². The fourth-order valence-corrected chi connectivity index (χ4v) is 3.32. The minimum absolute atomic E-state index is 0.152. The first-order valence-electron chi connectivity index (χ1n) is 6.98. The molecule has 20 heavy (non-hydrogen) atoms. The first kappa shape index (κ1) is 13.3. The van der Waals surface area contributed by atoms with Crippen molar-refractivity contribution in [3.8, 4) is 0 Å². The van der Waals surface area contributed by atoms with Crippen molar-refractivity contribution >= 4 is 0 Å². The quantitative estimate of drug-likeness (QED) is 0.925. The van der Waals surface area contributed by atoms with E-state index in [2.05, 4.69) is 16.0 Å². The van der Waals surface area contributed by atoms with Gasteiger partial charge in [-0.3, -0.25) is 4.98 Å². The molecule has 1 N–H and O–H groups in total. The van der Waals surface area contributed by atoms with E-state index >= 15 is 0 Å². The molecule has 1 aliphatic rings. The number of hydrogen-bond acceptors (Lipinski definition) is 3. The number of aromatic nitrogens is 1. The Labute approximate surface area is 119 Å². The summed E-state index contributed by atoms with van der Waals surface area (Å²) in [6.45, 7) is 0.847. The smallest absolute Gasteiger partial charge is 0.121 e. The summed E-state index contributed by atoms with van der Waals surface area (Å²) in [4.78, 5) is 6.32. The average molecular weight is 268 g/mol. The lowest BCUT2D eigenvalue weighted by Gasteiger charge is -2.33. The van der Waals surface area contributed by atoms with Gasteiger partial charge >= 0.3 is 0 Å². The Morgan fingerprint density at radius 2 is 2.05 bits per heavy atom. The van der Waals surface area contributed by atoms with Crippen LogP contribution in [0.5, 0.6) is 0 Å². The highest BCUT2D eigenvalue weighted by Crippen LogP contribution is 2.45. The van der Waals surface area contributed by atoms with E-state index in [9.17, 15) is 5.11 Å². The predicted molar refractivity (Wildman–Crippen MR) is 79.4 cm³/mol. The van der Waals surface area contributed by atoms with Crippen molar-refractivity contribution < 1.29 is 5.11 Å². The maximum Gasteiger partial charge on any atom is 0.121 e. The number of pyridine rings is 1. The third-order valence-electron chi connectivity index (χ3n) is 4.17. The van der Waals surface area contributed by atoms with E-state index in [0.29, 0.717) is 0 Å². The van der Waals surface area contributed by atoms with Crippen molar-refractivity contribution in [2.24, 2.45) is 5.92 Å². The summed E-state index contributed by atoms with van der Waals surface area (Å²) in [5.74, 6) is 0.152. The Balaban J connectivity index is 2.12. The largest absolute Gasteiger partial charge is 0.380 e. The molecular weight excluding hydrogens is 248 g/mol. The van der Waals surface area contributed by atoms with Crippen LogP contribution in [0.4, 0.5) is 0 Å². The van der Waals surface area contributed by atoms with Gasteiger partial charge in [-0.1, -0.05) is 30.3 Å². The first-order chi connectivity index (χ1) is 9.62. The third kappa shape index (κ3) is 2.03. The molecular formula is C17H20N2O. The molecule has 2 unspecified atom stereocenters. The normalized spacial score (nSPS) is 24.9. The molecule has 0 fully saturated rings. The fourth-order valence-electron chi connectivity index (χ4n) is 3.32. The molecule has 3 rings (SSSR count). The molecule has 1 aliphatic carbocycles. The first-order valence-corrected chi connectivity index (χ1v) is 6.98. The van der Waals surface area contributed by atoms with Crippen molar-refractivity contribution in [2.45, 2.75) is 12.0 Å². The van der Waals surface area contributed by atoms with Gasteiger partial charge in [-0.2, -0.15) is 0 Å². The molecule has 0 amide bonds. The van der Waals surface area contributed by atoms with E-state index in [4.69, 9.17) is 0 Å². The predicted octanol–water partition coefficient (Wildman–Crippen LogP) is 2.05. The SMILES string of the molecule is CN(C)CC1Cc2ccccc2C1(O)c1cccnc1. The van der Waals surface area contributed by atoms with E-state index < -0.39 is 5.60 Å². The lowest BCUT2D eigenvalue weighted by Crippen LogP contribution is -2.38. The minimum Gasteiger partial charge on any atom is -0.380 e. The minimum atomic E-state index is -0.935. The molecule has 2 aromatic rings. The van der Waals surface area contributed by atoms with Crippen molar-refractivity contribution in [3.63, 3.8) is 0 Å². The second-order valence-corrected chi connectivity index (χ2v) is 5.83. The van der Waals surface area contributed by atoms with Crippen LogP contribution in [0.25, 0.3) is 0 Å². The zero-order valence-corrected chi connectivity index (χ0v) is 12.0. The highest BCUT2D eigenvalue weighted by molar-refractivity contribution is 5.46. The molecule has 0 saturated heterocycles. The van der Waals surface area contributed by atoms with Gasteiger partial charge < -0.3 is 10.0 Å². The van der Waals surface area contributed by atoms with Gasteiger partial charge in [-0.15, -0.1) is 0 Å². The fraction of sp³-hybridized carbons (Fsp3) is 0.353. The number of fused-ring (bicyclic) bond motifs is 1. The molecule has 3 heteroatoms. The van der Waals surface area contributed by atoms with Crippen LogP contribution >= 0.6 is 0 Å². The molecule has 0 radical (unpaired) electrons. The van der Waals surface area contributed by atoms with Gasteiger partial charge in [0, 0.05) is 30.4 Å². The van der Waals surface area contributed by atoms with Gasteiger partial charge in [0.05, 0.1) is 0 Å². The average Bonchev–Trinajstić information content (AvgIpc) is 2.74. The number of nitrogens with zero attached hydrogens (tertiary/aromatic N) is 2. The number of benzene rings is 1. The van der Waals surface area contributed by atoms with Gasteiger partial charge in [-0.05, 0) is 37.7 Å². The summed E-state index contributed by atoms with van der Waals surface area (Å²) in [5, 5.41) is 11.5. The second-order valence-electron chi connectivity index (χ2n) is 5.83. The zero-order chi connectivity index (χ0) is 14.2. The van der Waals surface area contributed by atoms with Crippen LogP contribution in [0.15, 0.2) is 48.8 Å². The Bertz CT molecular complexity index is 597. The third-order valence-corrected chi connectivity index (χ3v) is 4.17. The topological polar surface area (TPSA) is 36.4 Å². The number of hydrogen-bond donors (Lipinski definition) is 1. The number of aliphatic hydroxyl groups is 1. The van der Waals surface area contributed by atoms with E-state index in [1.807, 2.05) is 44.4 Å². The molecule has 1 aromatic heterocycles. The van der Waals surface area contributed by atoms with Crippen molar-refractivity contribution in [3.05, 3.63) is 65.5 Å². The molecule has 3 nitrogen and oxygen atoms in total. The van der Waals surface area contributed by atoms with Gasteiger partial charge in [-0.25, -0.2) is 0 Å². The summed E-state index contributed by atoms with van der Waals surface area (Å²) >= 11 is 0. The molecule has 0 bridgehead atoms. The van der Waals surface area contributed by atoms with Crippen LogP contribution in [0.3, 0.4) is 0 Å². The summed E-state index contributed by atoms with van der Waals surface area (Å²) < 4.78 is 0. The molecule has 0 spiro atoms. The second kappa shape index (κ2) is 5.00. The summed E-state index contributed by atoms with van der Waals surface area (Å²) in [5.41, 5.74) is 2.22. The van der Waals surface area contributed by atoms with E-state index in [-0.39, 0.29) is 5.92 Å². The molecule has 1 aromatic carbocycles. The van der Waals surface area contributed by atoms with Crippen LogP contribution < -0.4 is 0 Å². The Morgan fingerprint density at radius 3 is 2.75 bits per heavy atom. The summed E-state index contributed by atoms with van der Waals surface area (Å²) in [6, 6.07) is 12.1. The van der Waals surface area contributed by atoms with Crippen molar-refractivity contribution in [1.82, 2.24) is 9.88 Å². The summed E-state index contributed by atoms with van der Waals surface area (Å²) in [7, 11) is 4.10. The Kier molecular flexibility index (Phi) is 3.32. The van der Waals surface area contributed by atoms with Crippen LogP contribution in [0.1, 0.15) is 16.7 Å². The monoisotopic (exact) mass is 268 g/mol. The zero-order valence-electron chi connectivity index (χ0n) is 12.0. The highest BCUT2D eigenvalue weighted by atomic mass is 16.3. The number of rotatable bonds is 3. The maximum absolute atomic E-state index is 11.5. The van der Waals surface area contributed by atoms with Gasteiger partial charge in [0.1, 0.15) is 5.60 Å². The van der Waals surface area contributed by atoms with Crippen LogP contribution in [-0.4, -0.2) is 35.6 Å². The molecule has 104 valence electrons. The molecule has 1 heterocycles. The molecule has 0 saturated carbocycles.